The third-order valence-corrected chi connectivity index (χ3v) is 3.78. The molecular formula is C13H23NO3. The van der Waals surface area contributed by atoms with Crippen LogP contribution < -0.4 is 5.32 Å². The van der Waals surface area contributed by atoms with Crippen LogP contribution in [-0.4, -0.2) is 23.0 Å². The van der Waals surface area contributed by atoms with Gasteiger partial charge in [0.05, 0.1) is 5.92 Å². The van der Waals surface area contributed by atoms with Crippen molar-refractivity contribution in [1.82, 2.24) is 5.32 Å². The Balaban J connectivity index is 2.30. The highest BCUT2D eigenvalue weighted by molar-refractivity contribution is 5.77. The molecule has 98 valence electrons. The molecule has 0 aliphatic heterocycles. The molecule has 1 fully saturated rings. The molecule has 0 aromatic carbocycles. The van der Waals surface area contributed by atoms with Crippen LogP contribution in [0.2, 0.25) is 0 Å². The van der Waals surface area contributed by atoms with Gasteiger partial charge in [0.2, 0.25) is 5.91 Å². The number of carboxylic acids is 1. The summed E-state index contributed by atoms with van der Waals surface area (Å²) in [6.45, 7) is 4.19. The molecule has 0 heterocycles. The fourth-order valence-electron chi connectivity index (χ4n) is 2.46. The van der Waals surface area contributed by atoms with Crippen molar-refractivity contribution in [3.63, 3.8) is 0 Å². The lowest BCUT2D eigenvalue weighted by Gasteiger charge is -2.16. The zero-order valence-corrected chi connectivity index (χ0v) is 10.7. The van der Waals surface area contributed by atoms with E-state index in [0.717, 1.165) is 19.3 Å². The average molecular weight is 241 g/mol. The number of carboxylic acid groups (broad SMARTS) is 1. The lowest BCUT2D eigenvalue weighted by atomic mass is 9.99. The van der Waals surface area contributed by atoms with Crippen molar-refractivity contribution in [1.29, 1.82) is 0 Å². The van der Waals surface area contributed by atoms with Crippen molar-refractivity contribution in [3.8, 4) is 0 Å². The van der Waals surface area contributed by atoms with Crippen molar-refractivity contribution in [2.45, 2.75) is 58.4 Å². The molecule has 0 bridgehead atoms. The van der Waals surface area contributed by atoms with E-state index < -0.39 is 5.97 Å². The first-order chi connectivity index (χ1) is 8.06. The number of rotatable bonds is 6. The van der Waals surface area contributed by atoms with Gasteiger partial charge in [0.25, 0.3) is 0 Å². The number of aliphatic carboxylic acids is 1. The van der Waals surface area contributed by atoms with Gasteiger partial charge in [-0.3, -0.25) is 9.59 Å². The highest BCUT2D eigenvalue weighted by Gasteiger charge is 2.30. The van der Waals surface area contributed by atoms with Gasteiger partial charge in [-0.1, -0.05) is 26.7 Å². The summed E-state index contributed by atoms with van der Waals surface area (Å²) in [4.78, 5) is 22.5. The summed E-state index contributed by atoms with van der Waals surface area (Å²) in [5.74, 6) is -0.475. The Morgan fingerprint density at radius 2 is 1.94 bits per heavy atom. The number of carbonyl (C=O) groups is 2. The predicted molar refractivity (Wildman–Crippen MR) is 65.6 cm³/mol. The monoisotopic (exact) mass is 241 g/mol. The van der Waals surface area contributed by atoms with Gasteiger partial charge in [-0.2, -0.15) is 0 Å². The van der Waals surface area contributed by atoms with E-state index in [-0.39, 0.29) is 17.9 Å². The summed E-state index contributed by atoms with van der Waals surface area (Å²) in [6, 6.07) is 0.0676. The van der Waals surface area contributed by atoms with Gasteiger partial charge < -0.3 is 10.4 Å². The molecule has 1 saturated carbocycles. The van der Waals surface area contributed by atoms with Crippen LogP contribution in [0, 0.1) is 11.8 Å². The molecule has 4 nitrogen and oxygen atoms in total. The van der Waals surface area contributed by atoms with E-state index in [9.17, 15) is 9.59 Å². The van der Waals surface area contributed by atoms with Crippen molar-refractivity contribution in [3.05, 3.63) is 0 Å². The first-order valence-electron chi connectivity index (χ1n) is 6.58. The van der Waals surface area contributed by atoms with Gasteiger partial charge in [-0.15, -0.1) is 0 Å². The van der Waals surface area contributed by atoms with Crippen LogP contribution in [0.1, 0.15) is 52.4 Å². The third-order valence-electron chi connectivity index (χ3n) is 3.78. The summed E-state index contributed by atoms with van der Waals surface area (Å²) < 4.78 is 0. The minimum atomic E-state index is -0.734. The lowest BCUT2D eigenvalue weighted by Crippen LogP contribution is -2.34. The molecule has 0 aromatic rings. The second kappa shape index (κ2) is 6.62. The topological polar surface area (TPSA) is 66.4 Å². The summed E-state index contributed by atoms with van der Waals surface area (Å²) in [5, 5.41) is 11.8. The molecule has 0 radical (unpaired) electrons. The van der Waals surface area contributed by atoms with E-state index in [1.54, 1.807) is 0 Å². The summed E-state index contributed by atoms with van der Waals surface area (Å²) >= 11 is 0. The molecule has 2 atom stereocenters. The van der Waals surface area contributed by atoms with E-state index >= 15 is 0 Å². The fourth-order valence-corrected chi connectivity index (χ4v) is 2.46. The van der Waals surface area contributed by atoms with E-state index in [4.69, 9.17) is 5.11 Å². The quantitative estimate of drug-likeness (QED) is 0.749. The second-order valence-electron chi connectivity index (χ2n) is 5.00. The Labute approximate surface area is 103 Å². The number of amides is 1. The van der Waals surface area contributed by atoms with Crippen LogP contribution >= 0.6 is 0 Å². The van der Waals surface area contributed by atoms with E-state index in [1.807, 2.05) is 0 Å². The van der Waals surface area contributed by atoms with Crippen LogP contribution in [0.5, 0.6) is 0 Å². The Morgan fingerprint density at radius 1 is 1.29 bits per heavy atom. The molecule has 1 aliphatic carbocycles. The first kappa shape index (κ1) is 14.0. The van der Waals surface area contributed by atoms with Crippen LogP contribution in [0.3, 0.4) is 0 Å². The lowest BCUT2D eigenvalue weighted by molar-refractivity contribution is -0.141. The Hall–Kier alpha value is -1.06. The Morgan fingerprint density at radius 3 is 2.41 bits per heavy atom. The first-order valence-corrected chi connectivity index (χ1v) is 6.58. The van der Waals surface area contributed by atoms with Gasteiger partial charge in [0, 0.05) is 12.5 Å². The highest BCUT2D eigenvalue weighted by Crippen LogP contribution is 2.26. The fraction of sp³-hybridized carbons (Fsp3) is 0.846. The Kier molecular flexibility index (Phi) is 5.45. The molecule has 1 aliphatic rings. The SMILES string of the molecule is CCC(CC)CC(=O)N[C@@H]1CC[C@H](C(=O)O)C1. The molecule has 4 heteroatoms. The maximum absolute atomic E-state index is 11.7. The van der Waals surface area contributed by atoms with Crippen molar-refractivity contribution < 1.29 is 14.7 Å². The zero-order valence-electron chi connectivity index (χ0n) is 10.7. The van der Waals surface area contributed by atoms with Crippen molar-refractivity contribution in [2.24, 2.45) is 11.8 Å². The molecule has 1 amide bonds. The number of hydrogen-bond donors (Lipinski definition) is 2. The largest absolute Gasteiger partial charge is 0.481 e. The molecule has 2 N–H and O–H groups in total. The average Bonchev–Trinajstić information content (AvgIpc) is 2.74. The molecule has 1 rings (SSSR count). The third kappa shape index (κ3) is 4.36. The van der Waals surface area contributed by atoms with Gasteiger partial charge in [0.1, 0.15) is 0 Å². The van der Waals surface area contributed by atoms with Crippen LogP contribution in [0.15, 0.2) is 0 Å². The van der Waals surface area contributed by atoms with Crippen molar-refractivity contribution >= 4 is 11.9 Å². The molecule has 0 saturated heterocycles. The van der Waals surface area contributed by atoms with E-state index in [2.05, 4.69) is 19.2 Å². The van der Waals surface area contributed by atoms with Crippen molar-refractivity contribution in [2.75, 3.05) is 0 Å². The van der Waals surface area contributed by atoms with Gasteiger partial charge in [-0.25, -0.2) is 0 Å². The normalized spacial score (nSPS) is 23.9. The Bertz CT molecular complexity index is 274. The molecule has 0 spiro atoms. The predicted octanol–water partition coefficient (Wildman–Crippen LogP) is 2.18. The summed E-state index contributed by atoms with van der Waals surface area (Å²) in [5.41, 5.74) is 0. The van der Waals surface area contributed by atoms with Gasteiger partial charge in [-0.05, 0) is 25.2 Å². The molecule has 0 aromatic heterocycles. The number of nitrogens with one attached hydrogen (secondary N) is 1. The van der Waals surface area contributed by atoms with E-state index in [1.165, 1.54) is 0 Å². The standard InChI is InChI=1S/C13H23NO3/c1-3-9(4-2)7-12(15)14-11-6-5-10(8-11)13(16)17/h9-11H,3-8H2,1-2H3,(H,14,15)(H,16,17)/t10-,11+/m0/s1. The maximum Gasteiger partial charge on any atom is 0.306 e. The van der Waals surface area contributed by atoms with Crippen LogP contribution in [0.25, 0.3) is 0 Å². The molecule has 0 unspecified atom stereocenters. The smallest absolute Gasteiger partial charge is 0.306 e. The zero-order chi connectivity index (χ0) is 12.8. The minimum absolute atomic E-state index is 0.0676. The van der Waals surface area contributed by atoms with Crippen LogP contribution in [-0.2, 0) is 9.59 Å². The summed E-state index contributed by atoms with van der Waals surface area (Å²) in [6.07, 6.45) is 4.68. The van der Waals surface area contributed by atoms with Crippen LogP contribution in [0.4, 0.5) is 0 Å². The minimum Gasteiger partial charge on any atom is -0.481 e. The highest BCUT2D eigenvalue weighted by atomic mass is 16.4. The molecule has 17 heavy (non-hydrogen) atoms. The van der Waals surface area contributed by atoms with E-state index in [0.29, 0.717) is 25.2 Å². The van der Waals surface area contributed by atoms with Gasteiger partial charge in [0.15, 0.2) is 0 Å². The van der Waals surface area contributed by atoms with Gasteiger partial charge >= 0.3 is 5.97 Å². The summed E-state index contributed by atoms with van der Waals surface area (Å²) in [7, 11) is 0. The maximum atomic E-state index is 11.7. The molecular weight excluding hydrogens is 218 g/mol. The number of hydrogen-bond acceptors (Lipinski definition) is 2. The second-order valence-corrected chi connectivity index (χ2v) is 5.00. The number of carbonyl (C=O) groups excluding carboxylic acids is 1.